The largest absolute Gasteiger partial charge is 0.477 e. The molecule has 2 aromatic carbocycles. The summed E-state index contributed by atoms with van der Waals surface area (Å²) < 4.78 is 76.9. The van der Waals surface area contributed by atoms with Crippen molar-refractivity contribution < 1.29 is 41.0 Å². The molecule has 0 aliphatic carbocycles. The van der Waals surface area contributed by atoms with Crippen LogP contribution in [0.4, 0.5) is 26.3 Å². The van der Waals surface area contributed by atoms with E-state index in [0.717, 1.165) is 50.7 Å². The third-order valence-corrected chi connectivity index (χ3v) is 7.39. The third-order valence-electron chi connectivity index (χ3n) is 7.39. The highest BCUT2D eigenvalue weighted by molar-refractivity contribution is 5.99. The van der Waals surface area contributed by atoms with Crippen molar-refractivity contribution in [2.75, 3.05) is 19.6 Å². The fraction of sp³-hybridized carbons (Fsp3) is 0.333. The SMILES string of the molecule is O=C(NC1CN2CCC1CC2)c1cc2c(C(F)(F)F)cccc2[nH]1.O=C(O)c1cc2c(C(F)(F)F)cccc2[nH]1. The predicted octanol–water partition coefficient (Wildman–Crippen LogP) is 5.90. The molecule has 3 saturated heterocycles. The summed E-state index contributed by atoms with van der Waals surface area (Å²) >= 11 is 0. The van der Waals surface area contributed by atoms with E-state index in [2.05, 4.69) is 20.2 Å². The van der Waals surface area contributed by atoms with Gasteiger partial charge >= 0.3 is 18.3 Å². The number of nitrogens with one attached hydrogen (secondary N) is 3. The first kappa shape index (κ1) is 27.6. The van der Waals surface area contributed by atoms with Crippen molar-refractivity contribution in [1.82, 2.24) is 20.2 Å². The molecule has 13 heteroatoms. The summed E-state index contributed by atoms with van der Waals surface area (Å²) in [5.74, 6) is -1.16. The van der Waals surface area contributed by atoms with Gasteiger partial charge in [0, 0.05) is 34.4 Å². The van der Waals surface area contributed by atoms with Crippen LogP contribution in [0.5, 0.6) is 0 Å². The summed E-state index contributed by atoms with van der Waals surface area (Å²) in [5.41, 5.74) is -1.16. The Balaban J connectivity index is 0.000000176. The number of carboxylic acids is 1. The molecule has 0 saturated carbocycles. The van der Waals surface area contributed by atoms with Crippen LogP contribution in [-0.2, 0) is 12.4 Å². The van der Waals surface area contributed by atoms with Crippen LogP contribution < -0.4 is 5.32 Å². The molecule has 3 fully saturated rings. The highest BCUT2D eigenvalue weighted by Gasteiger charge is 2.36. The first-order valence-electron chi connectivity index (χ1n) is 12.5. The van der Waals surface area contributed by atoms with Crippen molar-refractivity contribution in [2.24, 2.45) is 5.92 Å². The third kappa shape index (κ3) is 5.51. The summed E-state index contributed by atoms with van der Waals surface area (Å²) in [4.78, 5) is 30.6. The molecule has 0 spiro atoms. The molecule has 2 bridgehead atoms. The minimum atomic E-state index is -4.49. The van der Waals surface area contributed by atoms with Crippen LogP contribution in [0.1, 0.15) is 44.9 Å². The van der Waals surface area contributed by atoms with Gasteiger partial charge in [-0.2, -0.15) is 26.3 Å². The summed E-state index contributed by atoms with van der Waals surface area (Å²) in [7, 11) is 0. The van der Waals surface area contributed by atoms with Crippen LogP contribution in [0.3, 0.4) is 0 Å². The number of amides is 1. The predicted molar refractivity (Wildman–Crippen MR) is 134 cm³/mol. The number of aromatic amines is 2. The number of halogens is 6. The molecule has 4 aromatic rings. The Hall–Kier alpha value is -4.00. The number of hydrogen-bond donors (Lipinski definition) is 4. The van der Waals surface area contributed by atoms with Gasteiger partial charge in [-0.05, 0) is 68.2 Å². The Bertz CT molecular complexity index is 1560. The summed E-state index contributed by atoms with van der Waals surface area (Å²) in [6.45, 7) is 2.96. The molecular weight excluding hydrogens is 542 g/mol. The first-order valence-corrected chi connectivity index (χ1v) is 12.5. The van der Waals surface area contributed by atoms with Gasteiger partial charge in [0.15, 0.2) is 0 Å². The molecule has 1 unspecified atom stereocenters. The van der Waals surface area contributed by atoms with Crippen molar-refractivity contribution in [2.45, 2.75) is 31.2 Å². The number of aromatic carboxylic acids is 1. The Kier molecular flexibility index (Phi) is 7.02. The van der Waals surface area contributed by atoms with Gasteiger partial charge in [-0.25, -0.2) is 4.79 Å². The fourth-order valence-corrected chi connectivity index (χ4v) is 5.42. The summed E-state index contributed by atoms with van der Waals surface area (Å²) in [5, 5.41) is 11.6. The lowest BCUT2D eigenvalue weighted by molar-refractivity contribution is -0.137. The van der Waals surface area contributed by atoms with Gasteiger partial charge in [0.05, 0.1) is 11.1 Å². The zero-order valence-electron chi connectivity index (χ0n) is 20.8. The number of rotatable bonds is 3. The van der Waals surface area contributed by atoms with E-state index >= 15 is 0 Å². The molecule has 3 aliphatic heterocycles. The minimum Gasteiger partial charge on any atom is -0.477 e. The van der Waals surface area contributed by atoms with Crippen LogP contribution in [-0.4, -0.2) is 57.5 Å². The number of carboxylic acid groups (broad SMARTS) is 1. The van der Waals surface area contributed by atoms with E-state index in [0.29, 0.717) is 11.4 Å². The van der Waals surface area contributed by atoms with Crippen molar-refractivity contribution >= 4 is 33.7 Å². The Morgan fingerprint density at radius 1 is 0.825 bits per heavy atom. The number of nitrogens with zero attached hydrogens (tertiary/aromatic N) is 1. The molecule has 3 aliphatic rings. The van der Waals surface area contributed by atoms with Crippen LogP contribution >= 0.6 is 0 Å². The topological polar surface area (TPSA) is 101 Å². The Labute approximate surface area is 223 Å². The first-order chi connectivity index (χ1) is 18.8. The molecule has 7 rings (SSSR count). The molecule has 1 atom stereocenters. The molecule has 4 N–H and O–H groups in total. The minimum absolute atomic E-state index is 0.0315. The maximum atomic E-state index is 13.1. The number of aromatic nitrogens is 2. The Morgan fingerprint density at radius 2 is 1.32 bits per heavy atom. The van der Waals surface area contributed by atoms with Crippen LogP contribution in [0.25, 0.3) is 21.8 Å². The van der Waals surface area contributed by atoms with E-state index in [4.69, 9.17) is 5.11 Å². The number of alkyl halides is 6. The smallest absolute Gasteiger partial charge is 0.417 e. The van der Waals surface area contributed by atoms with Gasteiger partial charge in [-0.3, -0.25) is 4.79 Å². The van der Waals surface area contributed by atoms with E-state index in [1.54, 1.807) is 6.07 Å². The lowest BCUT2D eigenvalue weighted by Gasteiger charge is -2.44. The molecule has 7 nitrogen and oxygen atoms in total. The second-order valence-corrected chi connectivity index (χ2v) is 9.92. The molecule has 1 amide bonds. The summed E-state index contributed by atoms with van der Waals surface area (Å²) in [6.07, 6.45) is -6.80. The highest BCUT2D eigenvalue weighted by Crippen LogP contribution is 2.36. The monoisotopic (exact) mass is 566 g/mol. The molecule has 212 valence electrons. The quantitative estimate of drug-likeness (QED) is 0.232. The average molecular weight is 567 g/mol. The fourth-order valence-electron chi connectivity index (χ4n) is 5.42. The number of piperidine rings is 3. The van der Waals surface area contributed by atoms with Crippen molar-refractivity contribution in [3.8, 4) is 0 Å². The van der Waals surface area contributed by atoms with Gasteiger partial charge in [-0.1, -0.05) is 12.1 Å². The number of carbonyl (C=O) groups is 2. The highest BCUT2D eigenvalue weighted by atomic mass is 19.4. The molecule has 5 heterocycles. The standard InChI is InChI=1S/C17H18F3N3O.C10H6F3NO2/c18-17(19,20)12-2-1-3-13-11(12)8-14(21-13)16(24)22-15-9-23-6-4-10(15)5-7-23;11-10(12,13)6-2-1-3-7-5(6)4-8(14-7)9(15)16/h1-3,8,10,15,21H,4-7,9H2,(H,22,24);1-4,14H,(H,15,16). The van der Waals surface area contributed by atoms with Gasteiger partial charge in [0.1, 0.15) is 11.4 Å². The second-order valence-electron chi connectivity index (χ2n) is 9.92. The molecule has 0 radical (unpaired) electrons. The number of hydrogen-bond acceptors (Lipinski definition) is 3. The lowest BCUT2D eigenvalue weighted by Crippen LogP contribution is -2.57. The van der Waals surface area contributed by atoms with Gasteiger partial charge in [0.2, 0.25) is 0 Å². The average Bonchev–Trinajstić information content (AvgIpc) is 3.53. The van der Waals surface area contributed by atoms with E-state index < -0.39 is 29.4 Å². The van der Waals surface area contributed by atoms with Crippen LogP contribution in [0.15, 0.2) is 48.5 Å². The van der Waals surface area contributed by atoms with Crippen molar-refractivity contribution in [3.05, 3.63) is 71.0 Å². The lowest BCUT2D eigenvalue weighted by atomic mass is 9.84. The zero-order chi connectivity index (χ0) is 28.8. The van der Waals surface area contributed by atoms with E-state index in [9.17, 15) is 35.9 Å². The number of H-pyrrole nitrogens is 2. The van der Waals surface area contributed by atoms with E-state index in [-0.39, 0.29) is 39.6 Å². The van der Waals surface area contributed by atoms with Gasteiger partial charge in [-0.15, -0.1) is 0 Å². The van der Waals surface area contributed by atoms with E-state index in [1.165, 1.54) is 24.3 Å². The summed E-state index contributed by atoms with van der Waals surface area (Å²) in [6, 6.07) is 9.84. The van der Waals surface area contributed by atoms with Gasteiger partial charge < -0.3 is 25.3 Å². The number of carbonyl (C=O) groups excluding carboxylic acids is 1. The molecule has 2 aromatic heterocycles. The molecule has 40 heavy (non-hydrogen) atoms. The van der Waals surface area contributed by atoms with Gasteiger partial charge in [0.25, 0.3) is 5.91 Å². The maximum Gasteiger partial charge on any atom is 0.417 e. The normalized spacial score (nSPS) is 20.8. The van der Waals surface area contributed by atoms with Crippen LogP contribution in [0.2, 0.25) is 0 Å². The molecular formula is C27H24F6N4O3. The zero-order valence-corrected chi connectivity index (χ0v) is 20.8. The second kappa shape index (κ2) is 10.2. The number of fused-ring (bicyclic) bond motifs is 5. The van der Waals surface area contributed by atoms with Crippen molar-refractivity contribution in [1.29, 1.82) is 0 Å². The maximum absolute atomic E-state index is 13.1. The Morgan fingerprint density at radius 3 is 1.77 bits per heavy atom. The van der Waals surface area contributed by atoms with Crippen molar-refractivity contribution in [3.63, 3.8) is 0 Å². The van der Waals surface area contributed by atoms with E-state index in [1.807, 2.05) is 0 Å². The van der Waals surface area contributed by atoms with Crippen LogP contribution in [0, 0.1) is 5.92 Å². The number of benzene rings is 2.